The Labute approximate surface area is 131 Å². The molecule has 0 saturated carbocycles. The minimum atomic E-state index is 0.223. The molecule has 1 atom stereocenters. The summed E-state index contributed by atoms with van der Waals surface area (Å²) in [6.45, 7) is 4.38. The van der Waals surface area contributed by atoms with E-state index in [1.807, 2.05) is 11.3 Å². The first-order valence-corrected chi connectivity index (χ1v) is 8.63. The van der Waals surface area contributed by atoms with Gasteiger partial charge in [0.25, 0.3) is 0 Å². The van der Waals surface area contributed by atoms with Crippen molar-refractivity contribution >= 4 is 11.3 Å². The van der Waals surface area contributed by atoms with E-state index in [1.165, 1.54) is 47.3 Å². The molecule has 3 heteroatoms. The zero-order valence-electron chi connectivity index (χ0n) is 12.9. The summed E-state index contributed by atoms with van der Waals surface area (Å²) in [5.74, 6) is 5.87. The van der Waals surface area contributed by atoms with Crippen molar-refractivity contribution in [3.05, 3.63) is 56.3 Å². The predicted molar refractivity (Wildman–Crippen MR) is 90.6 cm³/mol. The number of hydrogen-bond donors (Lipinski definition) is 2. The number of hydrogen-bond acceptors (Lipinski definition) is 3. The lowest BCUT2D eigenvalue weighted by molar-refractivity contribution is 0.558. The summed E-state index contributed by atoms with van der Waals surface area (Å²) in [4.78, 5) is 2.98. The molecule has 0 spiro atoms. The van der Waals surface area contributed by atoms with Crippen LogP contribution in [-0.2, 0) is 19.3 Å². The van der Waals surface area contributed by atoms with E-state index in [-0.39, 0.29) is 6.04 Å². The van der Waals surface area contributed by atoms with Crippen molar-refractivity contribution in [1.29, 1.82) is 0 Å². The molecule has 112 valence electrons. The summed E-state index contributed by atoms with van der Waals surface area (Å²) >= 11 is 1.96. The molecule has 2 aromatic rings. The standard InChI is InChI=1S/C18H24N2S/c1-12-6-5-7-13(2)15(12)11-16(20-19)18-10-14-8-3-4-9-17(14)21-18/h5-7,10,16,20H,3-4,8-9,11,19H2,1-2H3. The smallest absolute Gasteiger partial charge is 0.0593 e. The largest absolute Gasteiger partial charge is 0.271 e. The maximum absolute atomic E-state index is 5.87. The second-order valence-corrected chi connectivity index (χ2v) is 7.27. The van der Waals surface area contributed by atoms with Crippen molar-refractivity contribution in [1.82, 2.24) is 5.43 Å². The minimum Gasteiger partial charge on any atom is -0.271 e. The molecule has 0 fully saturated rings. The van der Waals surface area contributed by atoms with Crippen LogP contribution in [-0.4, -0.2) is 0 Å². The molecule has 3 rings (SSSR count). The Kier molecular flexibility index (Phi) is 4.43. The highest BCUT2D eigenvalue weighted by atomic mass is 32.1. The molecule has 0 bridgehead atoms. The fraction of sp³-hybridized carbons (Fsp3) is 0.444. The minimum absolute atomic E-state index is 0.223. The first-order chi connectivity index (χ1) is 10.2. The second-order valence-electron chi connectivity index (χ2n) is 6.10. The molecule has 1 heterocycles. The first kappa shape index (κ1) is 14.8. The molecule has 1 aliphatic rings. The summed E-state index contributed by atoms with van der Waals surface area (Å²) in [7, 11) is 0. The highest BCUT2D eigenvalue weighted by Gasteiger charge is 2.19. The molecule has 1 aliphatic carbocycles. The number of fused-ring (bicyclic) bond motifs is 1. The van der Waals surface area contributed by atoms with E-state index in [0.29, 0.717) is 0 Å². The lowest BCUT2D eigenvalue weighted by Gasteiger charge is -2.17. The van der Waals surface area contributed by atoms with Crippen LogP contribution < -0.4 is 11.3 Å². The van der Waals surface area contributed by atoms with E-state index in [2.05, 4.69) is 43.5 Å². The monoisotopic (exact) mass is 300 g/mol. The number of hydrazine groups is 1. The van der Waals surface area contributed by atoms with E-state index >= 15 is 0 Å². The lowest BCUT2D eigenvalue weighted by Crippen LogP contribution is -2.29. The zero-order valence-corrected chi connectivity index (χ0v) is 13.7. The van der Waals surface area contributed by atoms with Gasteiger partial charge in [0.15, 0.2) is 0 Å². The summed E-state index contributed by atoms with van der Waals surface area (Å²) in [5.41, 5.74) is 8.74. The molecule has 0 saturated heterocycles. The van der Waals surface area contributed by atoms with Crippen LogP contribution in [0, 0.1) is 13.8 Å². The third-order valence-electron chi connectivity index (χ3n) is 4.61. The molecule has 0 aliphatic heterocycles. The summed E-state index contributed by atoms with van der Waals surface area (Å²) in [5, 5.41) is 0. The Bertz CT molecular complexity index is 586. The Morgan fingerprint density at radius 2 is 1.90 bits per heavy atom. The number of benzene rings is 1. The van der Waals surface area contributed by atoms with Crippen molar-refractivity contribution in [2.45, 2.75) is 52.0 Å². The zero-order chi connectivity index (χ0) is 14.8. The number of nitrogens with one attached hydrogen (secondary N) is 1. The van der Waals surface area contributed by atoms with E-state index in [4.69, 9.17) is 5.84 Å². The molecule has 0 radical (unpaired) electrons. The average molecular weight is 300 g/mol. The van der Waals surface area contributed by atoms with Crippen LogP contribution in [0.25, 0.3) is 0 Å². The molecule has 1 aromatic heterocycles. The van der Waals surface area contributed by atoms with Gasteiger partial charge in [0, 0.05) is 9.75 Å². The van der Waals surface area contributed by atoms with Crippen molar-refractivity contribution < 1.29 is 0 Å². The van der Waals surface area contributed by atoms with Gasteiger partial charge in [0.05, 0.1) is 6.04 Å². The highest BCUT2D eigenvalue weighted by Crippen LogP contribution is 2.34. The fourth-order valence-electron chi connectivity index (χ4n) is 3.30. The molecule has 1 unspecified atom stereocenters. The maximum Gasteiger partial charge on any atom is 0.0593 e. The van der Waals surface area contributed by atoms with Gasteiger partial charge in [-0.2, -0.15) is 0 Å². The van der Waals surface area contributed by atoms with E-state index in [9.17, 15) is 0 Å². The summed E-state index contributed by atoms with van der Waals surface area (Å²) in [6.07, 6.45) is 6.13. The van der Waals surface area contributed by atoms with Crippen LogP contribution in [0.15, 0.2) is 24.3 Å². The average Bonchev–Trinajstić information content (AvgIpc) is 2.90. The Balaban J connectivity index is 1.87. The maximum atomic E-state index is 5.87. The van der Waals surface area contributed by atoms with Gasteiger partial charge in [-0.3, -0.25) is 11.3 Å². The fourth-order valence-corrected chi connectivity index (χ4v) is 4.62. The second kappa shape index (κ2) is 6.30. The van der Waals surface area contributed by atoms with Crippen LogP contribution in [0.1, 0.15) is 50.9 Å². The van der Waals surface area contributed by atoms with Crippen LogP contribution in [0.4, 0.5) is 0 Å². The normalized spacial score (nSPS) is 15.8. The number of rotatable bonds is 4. The first-order valence-electron chi connectivity index (χ1n) is 7.81. The van der Waals surface area contributed by atoms with Crippen LogP contribution in [0.3, 0.4) is 0 Å². The lowest BCUT2D eigenvalue weighted by atomic mass is 9.95. The molecular weight excluding hydrogens is 276 g/mol. The van der Waals surface area contributed by atoms with E-state index < -0.39 is 0 Å². The molecule has 0 amide bonds. The Hall–Kier alpha value is -1.16. The SMILES string of the molecule is Cc1cccc(C)c1CC(NN)c1cc2c(s1)CCCC2. The Morgan fingerprint density at radius 1 is 1.19 bits per heavy atom. The Morgan fingerprint density at radius 3 is 2.57 bits per heavy atom. The van der Waals surface area contributed by atoms with Gasteiger partial charge in [-0.15, -0.1) is 11.3 Å². The number of nitrogens with two attached hydrogens (primary N) is 1. The molecular formula is C18H24N2S. The van der Waals surface area contributed by atoms with Gasteiger partial charge in [-0.05, 0) is 74.3 Å². The molecule has 2 nitrogen and oxygen atoms in total. The van der Waals surface area contributed by atoms with Gasteiger partial charge in [0.1, 0.15) is 0 Å². The predicted octanol–water partition coefficient (Wildman–Crippen LogP) is 3.99. The number of thiophene rings is 1. The highest BCUT2D eigenvalue weighted by molar-refractivity contribution is 7.12. The van der Waals surface area contributed by atoms with Crippen LogP contribution in [0.2, 0.25) is 0 Å². The summed E-state index contributed by atoms with van der Waals surface area (Å²) in [6, 6.07) is 9.12. The number of aryl methyl sites for hydroxylation is 4. The van der Waals surface area contributed by atoms with Gasteiger partial charge >= 0.3 is 0 Å². The van der Waals surface area contributed by atoms with Crippen molar-refractivity contribution in [2.24, 2.45) is 5.84 Å². The third-order valence-corrected chi connectivity index (χ3v) is 5.96. The molecule has 3 N–H and O–H groups in total. The van der Waals surface area contributed by atoms with Gasteiger partial charge in [-0.1, -0.05) is 18.2 Å². The van der Waals surface area contributed by atoms with Gasteiger partial charge in [-0.25, -0.2) is 0 Å². The van der Waals surface area contributed by atoms with Crippen molar-refractivity contribution in [3.8, 4) is 0 Å². The third kappa shape index (κ3) is 3.05. The van der Waals surface area contributed by atoms with E-state index in [0.717, 1.165) is 6.42 Å². The van der Waals surface area contributed by atoms with Crippen LogP contribution >= 0.6 is 11.3 Å². The topological polar surface area (TPSA) is 38.0 Å². The summed E-state index contributed by atoms with van der Waals surface area (Å²) < 4.78 is 0. The van der Waals surface area contributed by atoms with E-state index in [1.54, 1.807) is 10.4 Å². The molecule has 1 aromatic carbocycles. The van der Waals surface area contributed by atoms with Gasteiger partial charge < -0.3 is 0 Å². The van der Waals surface area contributed by atoms with Crippen LogP contribution in [0.5, 0.6) is 0 Å². The van der Waals surface area contributed by atoms with Gasteiger partial charge in [0.2, 0.25) is 0 Å². The molecule has 21 heavy (non-hydrogen) atoms. The van der Waals surface area contributed by atoms with Crippen molar-refractivity contribution in [2.75, 3.05) is 0 Å². The van der Waals surface area contributed by atoms with Crippen molar-refractivity contribution in [3.63, 3.8) is 0 Å². The quantitative estimate of drug-likeness (QED) is 0.662.